The number of hydrogen-bond donors (Lipinski definition) is 1. The minimum atomic E-state index is -0.800. The lowest BCUT2D eigenvalue weighted by Crippen LogP contribution is -2.32. The fourth-order valence-corrected chi connectivity index (χ4v) is 4.05. The molecule has 0 radical (unpaired) electrons. The third kappa shape index (κ3) is 2.97. The van der Waals surface area contributed by atoms with Crippen LogP contribution in [0.3, 0.4) is 0 Å². The van der Waals surface area contributed by atoms with Crippen LogP contribution < -0.4 is 0 Å². The molecule has 0 aliphatic heterocycles. The zero-order chi connectivity index (χ0) is 14.8. The van der Waals surface area contributed by atoms with E-state index in [1.807, 2.05) is 24.3 Å². The molecule has 0 amide bonds. The minimum absolute atomic E-state index is 0.503. The van der Waals surface area contributed by atoms with E-state index < -0.39 is 5.97 Å². The third-order valence-corrected chi connectivity index (χ3v) is 5.66. The topological polar surface area (TPSA) is 40.5 Å². The zero-order valence-corrected chi connectivity index (χ0v) is 13.2. The van der Waals surface area contributed by atoms with Crippen molar-refractivity contribution in [2.45, 2.75) is 32.7 Å². The van der Waals surface area contributed by atoms with Crippen molar-refractivity contribution in [1.29, 1.82) is 0 Å². The van der Waals surface area contributed by atoms with Crippen molar-refractivity contribution >= 4 is 27.4 Å². The normalized spacial score (nSPS) is 15.5. The van der Waals surface area contributed by atoms with Gasteiger partial charge in [-0.1, -0.05) is 31.5 Å². The van der Waals surface area contributed by atoms with E-state index in [2.05, 4.69) is 11.8 Å². The number of nitrogens with zero attached hydrogens (tertiary/aromatic N) is 1. The first kappa shape index (κ1) is 14.5. The molecule has 2 aromatic rings. The first-order chi connectivity index (χ1) is 10.2. The largest absolute Gasteiger partial charge is 0.477 e. The molecule has 1 fully saturated rings. The lowest BCUT2D eigenvalue weighted by Gasteiger charge is -2.31. The summed E-state index contributed by atoms with van der Waals surface area (Å²) in [6.45, 7) is 4.98. The number of fused-ring (bicyclic) bond motifs is 1. The van der Waals surface area contributed by atoms with Gasteiger partial charge in [0.25, 0.3) is 0 Å². The Morgan fingerprint density at radius 1 is 1.38 bits per heavy atom. The Morgan fingerprint density at radius 2 is 2.14 bits per heavy atom. The molecule has 0 bridgehead atoms. The molecule has 1 aliphatic carbocycles. The Bertz CT molecular complexity index is 645. The Labute approximate surface area is 129 Å². The van der Waals surface area contributed by atoms with E-state index in [9.17, 15) is 9.90 Å². The highest BCUT2D eigenvalue weighted by atomic mass is 32.1. The smallest absolute Gasteiger partial charge is 0.346 e. The molecular weight excluding hydrogens is 282 g/mol. The first-order valence-corrected chi connectivity index (χ1v) is 8.46. The SMILES string of the molecule is CCN(Cc1c(C(=O)O)sc2ccccc12)CC1CCC1. The number of benzene rings is 1. The van der Waals surface area contributed by atoms with E-state index in [1.54, 1.807) is 0 Å². The highest BCUT2D eigenvalue weighted by Crippen LogP contribution is 2.33. The molecule has 1 aromatic carbocycles. The fourth-order valence-electron chi connectivity index (χ4n) is 3.00. The Hall–Kier alpha value is -1.39. The lowest BCUT2D eigenvalue weighted by molar-refractivity contribution is 0.0699. The number of rotatable bonds is 6. The summed E-state index contributed by atoms with van der Waals surface area (Å²) >= 11 is 1.40. The summed E-state index contributed by atoms with van der Waals surface area (Å²) in [6.07, 6.45) is 4.00. The van der Waals surface area contributed by atoms with Gasteiger partial charge < -0.3 is 5.11 Å². The van der Waals surface area contributed by atoms with Crippen LogP contribution in [0.25, 0.3) is 10.1 Å². The maximum atomic E-state index is 11.5. The van der Waals surface area contributed by atoms with Crippen LogP contribution >= 0.6 is 11.3 Å². The van der Waals surface area contributed by atoms with Gasteiger partial charge in [-0.3, -0.25) is 4.90 Å². The molecule has 4 heteroatoms. The van der Waals surface area contributed by atoms with Gasteiger partial charge in [-0.25, -0.2) is 4.79 Å². The monoisotopic (exact) mass is 303 g/mol. The van der Waals surface area contributed by atoms with E-state index in [4.69, 9.17) is 0 Å². The van der Waals surface area contributed by atoms with Gasteiger partial charge >= 0.3 is 5.97 Å². The van der Waals surface area contributed by atoms with Gasteiger partial charge in [0.15, 0.2) is 0 Å². The maximum absolute atomic E-state index is 11.5. The number of aromatic carboxylic acids is 1. The maximum Gasteiger partial charge on any atom is 0.346 e. The molecule has 0 unspecified atom stereocenters. The van der Waals surface area contributed by atoms with Crippen LogP contribution in [-0.4, -0.2) is 29.1 Å². The van der Waals surface area contributed by atoms with Crippen LogP contribution in [0, 0.1) is 5.92 Å². The molecule has 1 aromatic heterocycles. The molecule has 1 saturated carbocycles. The first-order valence-electron chi connectivity index (χ1n) is 7.65. The van der Waals surface area contributed by atoms with Gasteiger partial charge in [-0.2, -0.15) is 0 Å². The van der Waals surface area contributed by atoms with Gasteiger partial charge in [0, 0.05) is 17.8 Å². The fraction of sp³-hybridized carbons (Fsp3) is 0.471. The second-order valence-electron chi connectivity index (χ2n) is 5.84. The molecule has 0 spiro atoms. The quantitative estimate of drug-likeness (QED) is 0.868. The molecular formula is C17H21NO2S. The van der Waals surface area contributed by atoms with Crippen molar-refractivity contribution in [3.63, 3.8) is 0 Å². The summed E-state index contributed by atoms with van der Waals surface area (Å²) in [7, 11) is 0. The summed E-state index contributed by atoms with van der Waals surface area (Å²) < 4.78 is 1.07. The van der Waals surface area contributed by atoms with Gasteiger partial charge in [0.05, 0.1) is 0 Å². The van der Waals surface area contributed by atoms with Gasteiger partial charge in [-0.15, -0.1) is 11.3 Å². The number of thiophene rings is 1. The van der Waals surface area contributed by atoms with E-state index >= 15 is 0 Å². The van der Waals surface area contributed by atoms with Gasteiger partial charge in [0.2, 0.25) is 0 Å². The predicted octanol–water partition coefficient (Wildman–Crippen LogP) is 4.22. The average Bonchev–Trinajstić information content (AvgIpc) is 2.80. The Morgan fingerprint density at radius 3 is 2.76 bits per heavy atom. The lowest BCUT2D eigenvalue weighted by atomic mass is 9.85. The van der Waals surface area contributed by atoms with Gasteiger partial charge in [0.1, 0.15) is 4.88 Å². The second kappa shape index (κ2) is 6.16. The Balaban J connectivity index is 1.89. The van der Waals surface area contributed by atoms with Gasteiger partial charge in [-0.05, 0) is 42.3 Å². The number of carboxylic acids is 1. The third-order valence-electron chi connectivity index (χ3n) is 4.46. The van der Waals surface area contributed by atoms with Crippen LogP contribution in [0.5, 0.6) is 0 Å². The Kier molecular flexibility index (Phi) is 4.27. The predicted molar refractivity (Wildman–Crippen MR) is 87.1 cm³/mol. The summed E-state index contributed by atoms with van der Waals surface area (Å²) in [6, 6.07) is 8.02. The van der Waals surface area contributed by atoms with E-state index in [1.165, 1.54) is 30.6 Å². The standard InChI is InChI=1S/C17H21NO2S/c1-2-18(10-12-6-5-7-12)11-14-13-8-3-4-9-15(13)21-16(14)17(19)20/h3-4,8-9,12H,2,5-7,10-11H2,1H3,(H,19,20). The summed E-state index contributed by atoms with van der Waals surface area (Å²) in [5.41, 5.74) is 0.990. The number of hydrogen-bond acceptors (Lipinski definition) is 3. The molecule has 112 valence electrons. The molecule has 21 heavy (non-hydrogen) atoms. The van der Waals surface area contributed by atoms with Crippen molar-refractivity contribution in [2.24, 2.45) is 5.92 Å². The van der Waals surface area contributed by atoms with Crippen molar-refractivity contribution in [3.05, 3.63) is 34.7 Å². The summed E-state index contributed by atoms with van der Waals surface area (Å²) in [4.78, 5) is 14.4. The molecule has 1 heterocycles. The zero-order valence-electron chi connectivity index (χ0n) is 12.3. The molecule has 0 saturated heterocycles. The second-order valence-corrected chi connectivity index (χ2v) is 6.89. The highest BCUT2D eigenvalue weighted by Gasteiger charge is 2.23. The van der Waals surface area contributed by atoms with Crippen LogP contribution in [0.1, 0.15) is 41.4 Å². The van der Waals surface area contributed by atoms with E-state index in [0.717, 1.165) is 41.2 Å². The van der Waals surface area contributed by atoms with Crippen LogP contribution in [0.2, 0.25) is 0 Å². The highest BCUT2D eigenvalue weighted by molar-refractivity contribution is 7.21. The number of carboxylic acid groups (broad SMARTS) is 1. The van der Waals surface area contributed by atoms with E-state index in [-0.39, 0.29) is 0 Å². The van der Waals surface area contributed by atoms with Crippen molar-refractivity contribution < 1.29 is 9.90 Å². The molecule has 1 aliphatic rings. The molecule has 3 nitrogen and oxygen atoms in total. The van der Waals surface area contributed by atoms with Crippen molar-refractivity contribution in [3.8, 4) is 0 Å². The average molecular weight is 303 g/mol. The number of carbonyl (C=O) groups is 1. The van der Waals surface area contributed by atoms with Crippen LogP contribution in [0.15, 0.2) is 24.3 Å². The van der Waals surface area contributed by atoms with Crippen molar-refractivity contribution in [2.75, 3.05) is 13.1 Å². The molecule has 1 N–H and O–H groups in total. The summed E-state index contributed by atoms with van der Waals surface area (Å²) in [5.74, 6) is 0.00836. The molecule has 0 atom stereocenters. The minimum Gasteiger partial charge on any atom is -0.477 e. The summed E-state index contributed by atoms with van der Waals surface area (Å²) in [5, 5.41) is 10.6. The van der Waals surface area contributed by atoms with Crippen LogP contribution in [-0.2, 0) is 6.54 Å². The van der Waals surface area contributed by atoms with Crippen LogP contribution in [0.4, 0.5) is 0 Å². The molecule has 3 rings (SSSR count). The van der Waals surface area contributed by atoms with E-state index in [0.29, 0.717) is 4.88 Å². The van der Waals surface area contributed by atoms with Crippen molar-refractivity contribution in [1.82, 2.24) is 4.90 Å².